The van der Waals surface area contributed by atoms with E-state index in [1.54, 1.807) is 19.2 Å². The van der Waals surface area contributed by atoms with Crippen molar-refractivity contribution in [1.82, 2.24) is 34.3 Å². The van der Waals surface area contributed by atoms with Crippen molar-refractivity contribution in [2.24, 2.45) is 0 Å². The van der Waals surface area contributed by atoms with E-state index < -0.39 is 12.0 Å². The van der Waals surface area contributed by atoms with E-state index in [0.29, 0.717) is 17.2 Å². The van der Waals surface area contributed by atoms with Crippen molar-refractivity contribution in [3.63, 3.8) is 0 Å². The van der Waals surface area contributed by atoms with Gasteiger partial charge in [0.05, 0.1) is 18.4 Å². The molecule has 1 aliphatic rings. The number of rotatable bonds is 5. The van der Waals surface area contributed by atoms with Crippen molar-refractivity contribution >= 4 is 17.3 Å². The molecular formula is C17H21F3N8. The minimum absolute atomic E-state index is 0.104. The molecule has 8 nitrogen and oxygen atoms in total. The minimum Gasteiger partial charge on any atom is -0.337 e. The summed E-state index contributed by atoms with van der Waals surface area (Å²) in [6, 6.07) is 1.62. The van der Waals surface area contributed by atoms with Crippen molar-refractivity contribution in [2.75, 3.05) is 25.0 Å². The lowest BCUT2D eigenvalue weighted by Gasteiger charge is -2.26. The number of fused-ring (bicyclic) bond motifs is 1. The predicted molar refractivity (Wildman–Crippen MR) is 96.3 cm³/mol. The summed E-state index contributed by atoms with van der Waals surface area (Å²) in [7, 11) is 0. The number of likely N-dealkylation sites (tertiary alicyclic amines) is 1. The maximum Gasteiger partial charge on any atom is 0.453 e. The Hall–Kier alpha value is -2.69. The normalized spacial score (nSPS) is 16.0. The van der Waals surface area contributed by atoms with E-state index in [1.165, 1.54) is 19.3 Å². The van der Waals surface area contributed by atoms with Crippen LogP contribution in [0.3, 0.4) is 0 Å². The van der Waals surface area contributed by atoms with Gasteiger partial charge in [-0.15, -0.1) is 5.10 Å². The highest BCUT2D eigenvalue weighted by Gasteiger charge is 2.36. The lowest BCUT2D eigenvalue weighted by atomic mass is 10.1. The molecule has 0 amide bonds. The summed E-state index contributed by atoms with van der Waals surface area (Å²) in [5, 5.41) is 10.9. The first-order valence-corrected chi connectivity index (χ1v) is 9.22. The van der Waals surface area contributed by atoms with Gasteiger partial charge in [-0.1, -0.05) is 6.42 Å². The van der Waals surface area contributed by atoms with E-state index in [4.69, 9.17) is 0 Å². The fourth-order valence-corrected chi connectivity index (χ4v) is 3.32. The van der Waals surface area contributed by atoms with Gasteiger partial charge in [-0.25, -0.2) is 4.98 Å². The Balaban J connectivity index is 1.50. The number of anilines is 2. The Morgan fingerprint density at radius 3 is 2.64 bits per heavy atom. The van der Waals surface area contributed by atoms with E-state index in [0.717, 1.165) is 30.7 Å². The monoisotopic (exact) mass is 394 g/mol. The average molecular weight is 394 g/mol. The van der Waals surface area contributed by atoms with Gasteiger partial charge in [0.25, 0.3) is 11.6 Å². The topological polar surface area (TPSA) is 76.2 Å². The fraction of sp³-hybridized carbons (Fsp3) is 0.529. The highest BCUT2D eigenvalue weighted by Crippen LogP contribution is 2.27. The van der Waals surface area contributed by atoms with Gasteiger partial charge in [0.2, 0.25) is 0 Å². The molecule has 3 aromatic rings. The molecule has 0 bridgehead atoms. The summed E-state index contributed by atoms with van der Waals surface area (Å²) in [6.07, 6.45) is 2.61. The SMILES string of the molecule is Cc1cc(Nc2cnn(CCN3CCCCC3)c2)n2nc(C(F)(F)F)nc2n1. The zero-order valence-electron chi connectivity index (χ0n) is 15.4. The third-order valence-electron chi connectivity index (χ3n) is 4.69. The van der Waals surface area contributed by atoms with Crippen LogP contribution in [0.4, 0.5) is 24.7 Å². The molecule has 0 saturated carbocycles. The van der Waals surface area contributed by atoms with Gasteiger partial charge in [-0.05, 0) is 32.9 Å². The molecule has 1 saturated heterocycles. The second kappa shape index (κ2) is 7.38. The molecule has 150 valence electrons. The lowest BCUT2D eigenvalue weighted by molar-refractivity contribution is -0.144. The Morgan fingerprint density at radius 2 is 1.89 bits per heavy atom. The minimum atomic E-state index is -4.63. The zero-order chi connectivity index (χ0) is 19.7. The van der Waals surface area contributed by atoms with E-state index in [-0.39, 0.29) is 5.78 Å². The van der Waals surface area contributed by atoms with Crippen molar-refractivity contribution < 1.29 is 13.2 Å². The van der Waals surface area contributed by atoms with Gasteiger partial charge < -0.3 is 10.2 Å². The number of alkyl halides is 3. The quantitative estimate of drug-likeness (QED) is 0.717. The Labute approximate surface area is 159 Å². The summed E-state index contributed by atoms with van der Waals surface area (Å²) in [6.45, 7) is 5.61. The van der Waals surface area contributed by atoms with Crippen molar-refractivity contribution in [3.05, 3.63) is 30.0 Å². The van der Waals surface area contributed by atoms with Gasteiger partial charge in [-0.2, -0.15) is 27.8 Å². The van der Waals surface area contributed by atoms with Crippen LogP contribution >= 0.6 is 0 Å². The molecule has 0 unspecified atom stereocenters. The van der Waals surface area contributed by atoms with E-state index >= 15 is 0 Å². The van der Waals surface area contributed by atoms with Crippen LogP contribution in [0, 0.1) is 6.92 Å². The first-order chi connectivity index (χ1) is 13.4. The summed E-state index contributed by atoms with van der Waals surface area (Å²) in [4.78, 5) is 9.92. The highest BCUT2D eigenvalue weighted by molar-refractivity contribution is 5.57. The largest absolute Gasteiger partial charge is 0.453 e. The van der Waals surface area contributed by atoms with Crippen LogP contribution in [-0.4, -0.2) is 53.9 Å². The van der Waals surface area contributed by atoms with Gasteiger partial charge in [-0.3, -0.25) is 4.68 Å². The second-order valence-electron chi connectivity index (χ2n) is 6.95. The van der Waals surface area contributed by atoms with Gasteiger partial charge in [0, 0.05) is 24.5 Å². The first kappa shape index (κ1) is 18.7. The Morgan fingerprint density at radius 1 is 1.11 bits per heavy atom. The molecule has 11 heteroatoms. The number of hydrogen-bond acceptors (Lipinski definition) is 6. The van der Waals surface area contributed by atoms with Crippen LogP contribution in [0.1, 0.15) is 30.8 Å². The average Bonchev–Trinajstić information content (AvgIpc) is 3.27. The summed E-state index contributed by atoms with van der Waals surface area (Å²) in [5.74, 6) is -0.973. The number of aromatic nitrogens is 6. The zero-order valence-corrected chi connectivity index (χ0v) is 15.4. The number of halogens is 3. The number of aryl methyl sites for hydroxylation is 1. The molecular weight excluding hydrogens is 373 g/mol. The maximum absolute atomic E-state index is 12.9. The molecule has 3 aromatic heterocycles. The molecule has 0 aliphatic carbocycles. The van der Waals surface area contributed by atoms with Gasteiger partial charge in [0.1, 0.15) is 5.82 Å². The van der Waals surface area contributed by atoms with Crippen molar-refractivity contribution in [3.8, 4) is 0 Å². The molecule has 28 heavy (non-hydrogen) atoms. The predicted octanol–water partition coefficient (Wildman–Crippen LogP) is 2.88. The fourth-order valence-electron chi connectivity index (χ4n) is 3.32. The standard InChI is InChI=1S/C17H21F3N8/c1-12-9-14(28-16(22-12)24-15(25-28)17(18,19)20)23-13-10-21-27(11-13)8-7-26-5-3-2-4-6-26/h9-11,23H,2-8H2,1H3. The Bertz CT molecular complexity index is 955. The third kappa shape index (κ3) is 4.08. The lowest BCUT2D eigenvalue weighted by Crippen LogP contribution is -2.32. The number of piperidine rings is 1. The smallest absolute Gasteiger partial charge is 0.337 e. The number of hydrogen-bond donors (Lipinski definition) is 1. The van der Waals surface area contributed by atoms with Crippen LogP contribution in [0.2, 0.25) is 0 Å². The number of nitrogens with one attached hydrogen (secondary N) is 1. The van der Waals surface area contributed by atoms with E-state index in [1.807, 2.05) is 10.9 Å². The van der Waals surface area contributed by atoms with Crippen LogP contribution in [0.15, 0.2) is 18.5 Å². The number of nitrogens with zero attached hydrogens (tertiary/aromatic N) is 7. The van der Waals surface area contributed by atoms with E-state index in [9.17, 15) is 13.2 Å². The van der Waals surface area contributed by atoms with Crippen LogP contribution in [0.5, 0.6) is 0 Å². The molecule has 0 atom stereocenters. The summed E-state index contributed by atoms with van der Waals surface area (Å²) in [5.41, 5.74) is 1.20. The molecule has 1 fully saturated rings. The Kier molecular flexibility index (Phi) is 4.92. The maximum atomic E-state index is 12.9. The van der Waals surface area contributed by atoms with Crippen LogP contribution in [0.25, 0.3) is 5.78 Å². The first-order valence-electron chi connectivity index (χ1n) is 9.22. The molecule has 4 rings (SSSR count). The van der Waals surface area contributed by atoms with Gasteiger partial charge >= 0.3 is 6.18 Å². The molecule has 1 N–H and O–H groups in total. The van der Waals surface area contributed by atoms with E-state index in [2.05, 4.69) is 30.4 Å². The van der Waals surface area contributed by atoms with Crippen LogP contribution in [-0.2, 0) is 12.7 Å². The summed E-state index contributed by atoms with van der Waals surface area (Å²) >= 11 is 0. The molecule has 0 radical (unpaired) electrons. The molecule has 0 aromatic carbocycles. The summed E-state index contributed by atoms with van der Waals surface area (Å²) < 4.78 is 41.6. The van der Waals surface area contributed by atoms with Gasteiger partial charge in [0.15, 0.2) is 0 Å². The highest BCUT2D eigenvalue weighted by atomic mass is 19.4. The molecule has 4 heterocycles. The van der Waals surface area contributed by atoms with Crippen molar-refractivity contribution in [1.29, 1.82) is 0 Å². The molecule has 0 spiro atoms. The third-order valence-corrected chi connectivity index (χ3v) is 4.69. The second-order valence-corrected chi connectivity index (χ2v) is 6.95. The van der Waals surface area contributed by atoms with Crippen molar-refractivity contribution in [2.45, 2.75) is 38.9 Å². The molecule has 1 aliphatic heterocycles. The van der Waals surface area contributed by atoms with Crippen LogP contribution < -0.4 is 5.32 Å².